The van der Waals surface area contributed by atoms with Crippen molar-refractivity contribution in [2.24, 2.45) is 5.92 Å². The molecular weight excluding hydrogens is 274 g/mol. The molecule has 1 aliphatic heterocycles. The first-order valence-electron chi connectivity index (χ1n) is 8.71. The molecule has 3 nitrogen and oxygen atoms in total. The van der Waals surface area contributed by atoms with Crippen molar-refractivity contribution < 1.29 is 9.53 Å². The summed E-state index contributed by atoms with van der Waals surface area (Å²) in [4.78, 5) is 12.5. The number of carbonyl (C=O) groups excluding carboxylic acids is 1. The van der Waals surface area contributed by atoms with Crippen molar-refractivity contribution in [1.29, 1.82) is 0 Å². The van der Waals surface area contributed by atoms with E-state index in [2.05, 4.69) is 30.4 Å². The Kier molecular flexibility index (Phi) is 5.14. The lowest BCUT2D eigenvalue weighted by Crippen LogP contribution is -2.33. The average Bonchev–Trinajstić information content (AvgIpc) is 2.54. The van der Waals surface area contributed by atoms with Crippen LogP contribution in [0.3, 0.4) is 0 Å². The van der Waals surface area contributed by atoms with Gasteiger partial charge in [-0.1, -0.05) is 24.3 Å². The second-order valence-corrected chi connectivity index (χ2v) is 6.80. The number of amides is 1. The lowest BCUT2D eigenvalue weighted by molar-refractivity contribution is -0.122. The van der Waals surface area contributed by atoms with E-state index in [1.807, 2.05) is 6.07 Å². The van der Waals surface area contributed by atoms with E-state index in [0.717, 1.165) is 51.7 Å². The number of carbonyl (C=O) groups is 1. The third-order valence-corrected chi connectivity index (χ3v) is 5.13. The highest BCUT2D eigenvalue weighted by molar-refractivity contribution is 5.84. The van der Waals surface area contributed by atoms with E-state index >= 15 is 0 Å². The topological polar surface area (TPSA) is 38.3 Å². The fraction of sp³-hybridized carbons (Fsp3) is 0.632. The maximum absolute atomic E-state index is 12.5. The van der Waals surface area contributed by atoms with Gasteiger partial charge in [-0.3, -0.25) is 4.79 Å². The monoisotopic (exact) mass is 301 g/mol. The minimum atomic E-state index is 0.0542. The molecule has 1 fully saturated rings. The molecule has 0 unspecified atom stereocenters. The van der Waals surface area contributed by atoms with E-state index in [9.17, 15) is 4.79 Å². The van der Waals surface area contributed by atoms with Gasteiger partial charge in [-0.25, -0.2) is 0 Å². The Bertz CT molecular complexity index is 514. The quantitative estimate of drug-likeness (QED) is 0.925. The first kappa shape index (κ1) is 15.5. The molecule has 0 saturated carbocycles. The van der Waals surface area contributed by atoms with Crippen molar-refractivity contribution in [1.82, 2.24) is 5.32 Å². The second kappa shape index (κ2) is 7.28. The van der Waals surface area contributed by atoms with Crippen LogP contribution < -0.4 is 5.32 Å². The smallest absolute Gasteiger partial charge is 0.227 e. The van der Waals surface area contributed by atoms with Crippen LogP contribution >= 0.6 is 0 Å². The Balaban J connectivity index is 1.50. The number of ether oxygens (including phenoxy) is 1. The lowest BCUT2D eigenvalue weighted by atomic mass is 9.82. The number of hydrogen-bond donors (Lipinski definition) is 1. The zero-order chi connectivity index (χ0) is 15.4. The molecule has 1 amide bonds. The van der Waals surface area contributed by atoms with E-state index in [1.165, 1.54) is 11.1 Å². The van der Waals surface area contributed by atoms with Crippen LogP contribution in [-0.4, -0.2) is 25.2 Å². The van der Waals surface area contributed by atoms with Crippen molar-refractivity contribution in [2.45, 2.75) is 57.5 Å². The third-order valence-electron chi connectivity index (χ3n) is 5.13. The molecule has 0 bridgehead atoms. The minimum Gasteiger partial charge on any atom is -0.378 e. The molecule has 120 valence electrons. The summed E-state index contributed by atoms with van der Waals surface area (Å²) in [5.74, 6) is 0.966. The van der Waals surface area contributed by atoms with E-state index in [4.69, 9.17) is 4.74 Å². The van der Waals surface area contributed by atoms with Crippen molar-refractivity contribution in [3.63, 3.8) is 0 Å². The summed E-state index contributed by atoms with van der Waals surface area (Å²) >= 11 is 0. The van der Waals surface area contributed by atoms with Gasteiger partial charge in [-0.2, -0.15) is 0 Å². The number of fused-ring (bicyclic) bond motifs is 1. The van der Waals surface area contributed by atoms with Crippen molar-refractivity contribution in [3.05, 3.63) is 35.4 Å². The summed E-state index contributed by atoms with van der Waals surface area (Å²) in [6, 6.07) is 8.41. The van der Waals surface area contributed by atoms with E-state index in [0.29, 0.717) is 12.0 Å². The molecule has 3 rings (SSSR count). The molecule has 3 atom stereocenters. The average molecular weight is 301 g/mol. The van der Waals surface area contributed by atoms with Crippen LogP contribution in [0.2, 0.25) is 0 Å². The molecule has 0 spiro atoms. The molecular formula is C19H27NO2. The van der Waals surface area contributed by atoms with Gasteiger partial charge >= 0.3 is 0 Å². The zero-order valence-corrected chi connectivity index (χ0v) is 13.5. The molecule has 1 N–H and O–H groups in total. The largest absolute Gasteiger partial charge is 0.378 e. The summed E-state index contributed by atoms with van der Waals surface area (Å²) in [6.45, 7) is 3.81. The molecule has 3 heteroatoms. The Morgan fingerprint density at radius 1 is 1.32 bits per heavy atom. The molecule has 1 saturated heterocycles. The lowest BCUT2D eigenvalue weighted by Gasteiger charge is -2.28. The van der Waals surface area contributed by atoms with Crippen LogP contribution in [0.25, 0.3) is 0 Å². The van der Waals surface area contributed by atoms with E-state index in [-0.39, 0.29) is 11.8 Å². The normalized spacial score (nSPS) is 28.0. The summed E-state index contributed by atoms with van der Waals surface area (Å²) in [5.41, 5.74) is 2.60. The highest BCUT2D eigenvalue weighted by Gasteiger charge is 2.26. The highest BCUT2D eigenvalue weighted by Crippen LogP contribution is 2.31. The van der Waals surface area contributed by atoms with Gasteiger partial charge in [0.2, 0.25) is 5.91 Å². The van der Waals surface area contributed by atoms with Gasteiger partial charge in [0.25, 0.3) is 0 Å². The van der Waals surface area contributed by atoms with Crippen LogP contribution in [-0.2, 0) is 16.0 Å². The first-order valence-corrected chi connectivity index (χ1v) is 8.71. The van der Waals surface area contributed by atoms with E-state index < -0.39 is 0 Å². The second-order valence-electron chi connectivity index (χ2n) is 6.80. The maximum Gasteiger partial charge on any atom is 0.227 e. The van der Waals surface area contributed by atoms with Gasteiger partial charge in [0, 0.05) is 13.2 Å². The van der Waals surface area contributed by atoms with Crippen molar-refractivity contribution in [3.8, 4) is 0 Å². The highest BCUT2D eigenvalue weighted by atomic mass is 16.5. The summed E-state index contributed by atoms with van der Waals surface area (Å²) in [7, 11) is 0. The van der Waals surface area contributed by atoms with Crippen molar-refractivity contribution in [2.75, 3.05) is 13.2 Å². The number of aryl methyl sites for hydroxylation is 1. The Hall–Kier alpha value is -1.35. The first-order chi connectivity index (χ1) is 10.7. The SMILES string of the molecule is C[C@@H]1C[C@H](CCNC(=O)[C@@H]2CCCc3ccccc32)CCO1. The van der Waals surface area contributed by atoms with Crippen LogP contribution in [0.5, 0.6) is 0 Å². The zero-order valence-electron chi connectivity index (χ0n) is 13.5. The molecule has 0 aromatic heterocycles. The van der Waals surface area contributed by atoms with Crippen LogP contribution in [0.15, 0.2) is 24.3 Å². The molecule has 2 aliphatic rings. The number of rotatable bonds is 4. The van der Waals surface area contributed by atoms with Gasteiger partial charge in [-0.15, -0.1) is 0 Å². The maximum atomic E-state index is 12.5. The molecule has 1 aliphatic carbocycles. The van der Waals surface area contributed by atoms with Crippen LogP contribution in [0, 0.1) is 5.92 Å². The van der Waals surface area contributed by atoms with Gasteiger partial charge in [0.15, 0.2) is 0 Å². The Morgan fingerprint density at radius 2 is 2.18 bits per heavy atom. The van der Waals surface area contributed by atoms with E-state index in [1.54, 1.807) is 0 Å². The predicted molar refractivity (Wildman–Crippen MR) is 87.9 cm³/mol. The van der Waals surface area contributed by atoms with Gasteiger partial charge in [0.1, 0.15) is 0 Å². The molecule has 1 aromatic rings. The summed E-state index contributed by atoms with van der Waals surface area (Å²) in [6.07, 6.45) is 6.92. The van der Waals surface area contributed by atoms with Gasteiger partial charge in [0.05, 0.1) is 12.0 Å². The Morgan fingerprint density at radius 3 is 3.05 bits per heavy atom. The van der Waals surface area contributed by atoms with Crippen LogP contribution in [0.1, 0.15) is 56.1 Å². The minimum absolute atomic E-state index is 0.0542. The fourth-order valence-electron chi connectivity index (χ4n) is 3.90. The van der Waals surface area contributed by atoms with Gasteiger partial charge in [-0.05, 0) is 62.5 Å². The fourth-order valence-corrected chi connectivity index (χ4v) is 3.90. The number of nitrogens with one attached hydrogen (secondary N) is 1. The predicted octanol–water partition coefficient (Wildman–Crippen LogP) is 3.43. The molecule has 0 radical (unpaired) electrons. The van der Waals surface area contributed by atoms with Gasteiger partial charge < -0.3 is 10.1 Å². The number of hydrogen-bond acceptors (Lipinski definition) is 2. The summed E-state index contributed by atoms with van der Waals surface area (Å²) in [5, 5.41) is 3.18. The van der Waals surface area contributed by atoms with Crippen molar-refractivity contribution >= 4 is 5.91 Å². The standard InChI is InChI=1S/C19H27NO2/c1-14-13-15(10-12-22-14)9-11-20-19(21)18-8-4-6-16-5-2-3-7-17(16)18/h2-3,5,7,14-15,18H,4,6,8-13H2,1H3,(H,20,21)/t14-,15-,18-/m1/s1. The molecule has 1 aromatic carbocycles. The Labute approximate surface area is 133 Å². The van der Waals surface area contributed by atoms with Crippen LogP contribution in [0.4, 0.5) is 0 Å². The summed E-state index contributed by atoms with van der Waals surface area (Å²) < 4.78 is 5.58. The third kappa shape index (κ3) is 3.70. The molecule has 22 heavy (non-hydrogen) atoms. The molecule has 1 heterocycles. The number of benzene rings is 1.